The zero-order valence-electron chi connectivity index (χ0n) is 14.2. The lowest BCUT2D eigenvalue weighted by atomic mass is 10.1. The van der Waals surface area contributed by atoms with Crippen molar-refractivity contribution in [2.75, 3.05) is 7.11 Å². The van der Waals surface area contributed by atoms with Crippen LogP contribution in [0.3, 0.4) is 0 Å². The molecule has 0 atom stereocenters. The van der Waals surface area contributed by atoms with E-state index in [0.29, 0.717) is 29.8 Å². The van der Waals surface area contributed by atoms with Gasteiger partial charge in [-0.15, -0.1) is 5.73 Å². The number of nitrogens with zero attached hydrogens (tertiary/aromatic N) is 2. The van der Waals surface area contributed by atoms with Crippen LogP contribution in [0.1, 0.15) is 17.0 Å². The van der Waals surface area contributed by atoms with Gasteiger partial charge < -0.3 is 14.0 Å². The average molecular weight is 334 g/mol. The molecule has 0 spiro atoms. The van der Waals surface area contributed by atoms with Gasteiger partial charge in [0.05, 0.1) is 7.11 Å². The van der Waals surface area contributed by atoms with Gasteiger partial charge in [-0.25, -0.2) is 0 Å². The van der Waals surface area contributed by atoms with Gasteiger partial charge in [0.1, 0.15) is 6.61 Å². The molecule has 0 saturated heterocycles. The molecule has 0 fully saturated rings. The highest BCUT2D eigenvalue weighted by Gasteiger charge is 2.16. The highest BCUT2D eigenvalue weighted by molar-refractivity contribution is 5.74. The van der Waals surface area contributed by atoms with Crippen LogP contribution >= 0.6 is 0 Å². The van der Waals surface area contributed by atoms with Crippen molar-refractivity contribution in [2.24, 2.45) is 0 Å². The standard InChI is InChI=1S/C20H18N2O3/c1-4-8-16-11-18(23-3)19(24-13-15-9-6-5-7-10-15)12-17(16)20-21-14(2)25-22-20/h5-12H,1,13H2,2-3H3. The van der Waals surface area contributed by atoms with Crippen molar-refractivity contribution >= 4 is 6.08 Å². The summed E-state index contributed by atoms with van der Waals surface area (Å²) in [4.78, 5) is 4.30. The molecule has 0 amide bonds. The van der Waals surface area contributed by atoms with Crippen LogP contribution < -0.4 is 9.47 Å². The maximum Gasteiger partial charge on any atom is 0.223 e. The predicted octanol–water partition coefficient (Wildman–Crippen LogP) is 4.43. The van der Waals surface area contributed by atoms with Crippen molar-refractivity contribution in [1.82, 2.24) is 10.1 Å². The summed E-state index contributed by atoms with van der Waals surface area (Å²) >= 11 is 0. The molecular weight excluding hydrogens is 316 g/mol. The molecule has 0 bridgehead atoms. The summed E-state index contributed by atoms with van der Waals surface area (Å²) in [7, 11) is 1.60. The summed E-state index contributed by atoms with van der Waals surface area (Å²) in [6.45, 7) is 5.81. The number of hydrogen-bond donors (Lipinski definition) is 0. The third kappa shape index (κ3) is 3.79. The van der Waals surface area contributed by atoms with E-state index in [1.165, 1.54) is 0 Å². The molecule has 0 unspecified atom stereocenters. The molecule has 5 nitrogen and oxygen atoms in total. The number of ether oxygens (including phenoxy) is 2. The first-order chi connectivity index (χ1) is 12.2. The first-order valence-corrected chi connectivity index (χ1v) is 7.76. The number of aromatic nitrogens is 2. The molecule has 0 saturated carbocycles. The summed E-state index contributed by atoms with van der Waals surface area (Å²) in [5.41, 5.74) is 5.42. The Morgan fingerprint density at radius 1 is 1.20 bits per heavy atom. The molecular formula is C20H18N2O3. The van der Waals surface area contributed by atoms with Crippen LogP contribution in [0.4, 0.5) is 0 Å². The predicted molar refractivity (Wildman–Crippen MR) is 95.4 cm³/mol. The number of methoxy groups -OCH3 is 1. The lowest BCUT2D eigenvalue weighted by molar-refractivity contribution is 0.284. The second-order valence-electron chi connectivity index (χ2n) is 5.35. The monoisotopic (exact) mass is 334 g/mol. The molecule has 0 N–H and O–H groups in total. The van der Waals surface area contributed by atoms with Crippen LogP contribution in [-0.4, -0.2) is 17.3 Å². The largest absolute Gasteiger partial charge is 0.493 e. The van der Waals surface area contributed by atoms with Gasteiger partial charge in [-0.1, -0.05) is 42.1 Å². The number of rotatable bonds is 6. The Labute approximate surface area is 146 Å². The van der Waals surface area contributed by atoms with E-state index in [1.807, 2.05) is 42.5 Å². The molecule has 126 valence electrons. The molecule has 2 aromatic carbocycles. The quantitative estimate of drug-likeness (QED) is 0.624. The first-order valence-electron chi connectivity index (χ1n) is 7.76. The van der Waals surface area contributed by atoms with Crippen LogP contribution in [0.15, 0.2) is 59.3 Å². The van der Waals surface area contributed by atoms with Crippen molar-refractivity contribution in [3.63, 3.8) is 0 Å². The Morgan fingerprint density at radius 2 is 2.00 bits per heavy atom. The Morgan fingerprint density at radius 3 is 2.64 bits per heavy atom. The summed E-state index contributed by atoms with van der Waals surface area (Å²) in [5.74, 6) is 2.18. The number of benzene rings is 2. The Hall–Kier alpha value is -3.30. The van der Waals surface area contributed by atoms with Crippen molar-refractivity contribution in [2.45, 2.75) is 13.5 Å². The van der Waals surface area contributed by atoms with E-state index in [1.54, 1.807) is 20.1 Å². The molecule has 5 heteroatoms. The van der Waals surface area contributed by atoms with E-state index in [-0.39, 0.29) is 0 Å². The van der Waals surface area contributed by atoms with E-state index < -0.39 is 0 Å². The molecule has 0 radical (unpaired) electrons. The summed E-state index contributed by atoms with van der Waals surface area (Å²) in [5, 5.41) is 3.99. The smallest absolute Gasteiger partial charge is 0.223 e. The van der Waals surface area contributed by atoms with Gasteiger partial charge in [-0.05, 0) is 29.3 Å². The Kier molecular flexibility index (Phi) is 4.97. The van der Waals surface area contributed by atoms with Gasteiger partial charge >= 0.3 is 0 Å². The van der Waals surface area contributed by atoms with Crippen molar-refractivity contribution < 1.29 is 14.0 Å². The van der Waals surface area contributed by atoms with Gasteiger partial charge in [0, 0.05) is 12.5 Å². The van der Waals surface area contributed by atoms with E-state index in [2.05, 4.69) is 22.5 Å². The SMILES string of the molecule is C=C=Cc1cc(OC)c(OCc2ccccc2)cc1-c1noc(C)n1. The minimum atomic E-state index is 0.429. The molecule has 1 aromatic heterocycles. The fourth-order valence-corrected chi connectivity index (χ4v) is 2.41. The van der Waals surface area contributed by atoms with Crippen molar-refractivity contribution in [3.05, 3.63) is 71.8 Å². The van der Waals surface area contributed by atoms with E-state index in [0.717, 1.165) is 16.7 Å². The number of aryl methyl sites for hydroxylation is 1. The lowest BCUT2D eigenvalue weighted by Crippen LogP contribution is -1.99. The van der Waals surface area contributed by atoms with Crippen LogP contribution in [0.2, 0.25) is 0 Å². The molecule has 0 aliphatic carbocycles. The highest BCUT2D eigenvalue weighted by Crippen LogP contribution is 2.36. The van der Waals surface area contributed by atoms with E-state index >= 15 is 0 Å². The molecule has 0 aliphatic rings. The van der Waals surface area contributed by atoms with Crippen LogP contribution in [0, 0.1) is 6.92 Å². The topological polar surface area (TPSA) is 57.4 Å². The van der Waals surface area contributed by atoms with Gasteiger partial charge in [-0.3, -0.25) is 0 Å². The minimum Gasteiger partial charge on any atom is -0.493 e. The van der Waals surface area contributed by atoms with E-state index in [9.17, 15) is 0 Å². The number of hydrogen-bond acceptors (Lipinski definition) is 5. The zero-order valence-corrected chi connectivity index (χ0v) is 14.2. The normalized spacial score (nSPS) is 10.2. The first kappa shape index (κ1) is 16.6. The maximum absolute atomic E-state index is 5.96. The summed E-state index contributed by atoms with van der Waals surface area (Å²) < 4.78 is 16.5. The fourth-order valence-electron chi connectivity index (χ4n) is 2.41. The van der Waals surface area contributed by atoms with Crippen molar-refractivity contribution in [1.29, 1.82) is 0 Å². The molecule has 3 rings (SSSR count). The summed E-state index contributed by atoms with van der Waals surface area (Å²) in [6.07, 6.45) is 1.74. The summed E-state index contributed by atoms with van der Waals surface area (Å²) in [6, 6.07) is 13.6. The Bertz CT molecular complexity index is 910. The van der Waals surface area contributed by atoms with Crippen LogP contribution in [0.5, 0.6) is 11.5 Å². The maximum atomic E-state index is 5.96. The van der Waals surface area contributed by atoms with E-state index in [4.69, 9.17) is 14.0 Å². The second kappa shape index (κ2) is 7.51. The third-order valence-electron chi connectivity index (χ3n) is 3.60. The average Bonchev–Trinajstić information content (AvgIpc) is 3.07. The Balaban J connectivity index is 2.00. The molecule has 3 aromatic rings. The van der Waals surface area contributed by atoms with Gasteiger partial charge in [0.15, 0.2) is 11.5 Å². The van der Waals surface area contributed by atoms with Crippen LogP contribution in [-0.2, 0) is 6.61 Å². The fraction of sp³-hybridized carbons (Fsp3) is 0.150. The highest BCUT2D eigenvalue weighted by atomic mass is 16.5. The van der Waals surface area contributed by atoms with Gasteiger partial charge in [0.25, 0.3) is 0 Å². The third-order valence-corrected chi connectivity index (χ3v) is 3.60. The molecule has 0 aliphatic heterocycles. The molecule has 1 heterocycles. The van der Waals surface area contributed by atoms with Crippen molar-refractivity contribution in [3.8, 4) is 22.9 Å². The second-order valence-corrected chi connectivity index (χ2v) is 5.35. The van der Waals surface area contributed by atoms with Gasteiger partial charge in [0.2, 0.25) is 11.7 Å². The van der Waals surface area contributed by atoms with Crippen LogP contribution in [0.25, 0.3) is 17.5 Å². The zero-order chi connectivity index (χ0) is 17.6. The molecule has 25 heavy (non-hydrogen) atoms. The minimum absolute atomic E-state index is 0.429. The van der Waals surface area contributed by atoms with Gasteiger partial charge in [-0.2, -0.15) is 4.98 Å². The lowest BCUT2D eigenvalue weighted by Gasteiger charge is -2.13.